The van der Waals surface area contributed by atoms with Crippen molar-refractivity contribution in [3.05, 3.63) is 29.8 Å². The highest BCUT2D eigenvalue weighted by Gasteiger charge is 2.65. The average Bonchev–Trinajstić information content (AvgIpc) is 3.12. The Bertz CT molecular complexity index is 493. The summed E-state index contributed by atoms with van der Waals surface area (Å²) in [6, 6.07) is 7.12. The lowest BCUT2D eigenvalue weighted by Gasteiger charge is -2.15. The monoisotopic (exact) mass is 264 g/mol. The maximum absolute atomic E-state index is 12.0. The van der Waals surface area contributed by atoms with E-state index in [1.807, 2.05) is 0 Å². The minimum atomic E-state index is -0.868. The number of methoxy groups -OCH3 is 2. The van der Waals surface area contributed by atoms with E-state index in [1.54, 1.807) is 31.4 Å². The first-order valence-electron chi connectivity index (χ1n) is 5.94. The Kier molecular flexibility index (Phi) is 3.46. The Hall–Kier alpha value is -2.04. The summed E-state index contributed by atoms with van der Waals surface area (Å²) in [5.74, 6) is -0.0818. The second-order valence-corrected chi connectivity index (χ2v) is 4.49. The highest BCUT2D eigenvalue weighted by molar-refractivity contribution is 5.89. The lowest BCUT2D eigenvalue weighted by Crippen LogP contribution is -2.27. The van der Waals surface area contributed by atoms with E-state index in [0.29, 0.717) is 12.2 Å². The van der Waals surface area contributed by atoms with Crippen molar-refractivity contribution in [2.24, 2.45) is 0 Å². The normalized spacial score (nSPS) is 24.5. The Morgan fingerprint density at radius 3 is 2.32 bits per heavy atom. The molecule has 0 amide bonds. The van der Waals surface area contributed by atoms with E-state index in [9.17, 15) is 9.59 Å². The predicted molar refractivity (Wildman–Crippen MR) is 66.9 cm³/mol. The fraction of sp³-hybridized carbons (Fsp3) is 0.429. The topological polar surface area (TPSA) is 61.8 Å². The van der Waals surface area contributed by atoms with Gasteiger partial charge in [0.05, 0.1) is 14.2 Å². The summed E-state index contributed by atoms with van der Waals surface area (Å²) in [5, 5.41) is 0. The molecule has 0 spiro atoms. The third-order valence-electron chi connectivity index (χ3n) is 3.36. The molecule has 1 aliphatic carbocycles. The van der Waals surface area contributed by atoms with E-state index in [4.69, 9.17) is 14.2 Å². The lowest BCUT2D eigenvalue weighted by atomic mass is 9.95. The van der Waals surface area contributed by atoms with Gasteiger partial charge in [-0.1, -0.05) is 12.1 Å². The molecule has 1 aliphatic rings. The highest BCUT2D eigenvalue weighted by Crippen LogP contribution is 2.51. The summed E-state index contributed by atoms with van der Waals surface area (Å²) in [4.78, 5) is 23.0. The van der Waals surface area contributed by atoms with Crippen molar-refractivity contribution in [3.8, 4) is 5.75 Å². The van der Waals surface area contributed by atoms with Crippen molar-refractivity contribution >= 4 is 11.9 Å². The zero-order chi connectivity index (χ0) is 14.0. The van der Waals surface area contributed by atoms with Gasteiger partial charge in [0.1, 0.15) is 17.3 Å². The predicted octanol–water partition coefficient (Wildman–Crippen LogP) is 1.44. The van der Waals surface area contributed by atoms with E-state index < -0.39 is 17.5 Å². The van der Waals surface area contributed by atoms with Crippen LogP contribution in [0.25, 0.3) is 0 Å². The van der Waals surface area contributed by atoms with E-state index in [-0.39, 0.29) is 5.97 Å². The molecule has 0 aromatic heterocycles. The first-order chi connectivity index (χ1) is 9.04. The fourth-order valence-electron chi connectivity index (χ4n) is 2.28. The summed E-state index contributed by atoms with van der Waals surface area (Å²) in [5.41, 5.74) is -0.0985. The Balaban J connectivity index is 2.29. The molecule has 1 saturated carbocycles. The number of ether oxygens (including phenoxy) is 3. The standard InChI is InChI=1S/C14H16O5/c1-9(15)19-12-8-14(12,13(16)18-3)10-4-6-11(17-2)7-5-10/h4-7,12H,8H2,1-3H3/t12-,14+/m0/s1. The Morgan fingerprint density at radius 2 is 1.84 bits per heavy atom. The minimum absolute atomic E-state index is 0.385. The van der Waals surface area contributed by atoms with Gasteiger partial charge >= 0.3 is 11.9 Å². The molecule has 1 aromatic carbocycles. The van der Waals surface area contributed by atoms with Crippen molar-refractivity contribution in [2.45, 2.75) is 24.9 Å². The molecule has 102 valence electrons. The van der Waals surface area contributed by atoms with Crippen molar-refractivity contribution < 1.29 is 23.8 Å². The summed E-state index contributed by atoms with van der Waals surface area (Å²) in [6.45, 7) is 1.33. The van der Waals surface area contributed by atoms with Crippen molar-refractivity contribution in [3.63, 3.8) is 0 Å². The van der Waals surface area contributed by atoms with E-state index in [2.05, 4.69) is 0 Å². The quantitative estimate of drug-likeness (QED) is 0.770. The maximum atomic E-state index is 12.0. The molecule has 0 heterocycles. The zero-order valence-electron chi connectivity index (χ0n) is 11.1. The molecule has 1 aromatic rings. The number of hydrogen-bond acceptors (Lipinski definition) is 5. The van der Waals surface area contributed by atoms with Crippen LogP contribution in [-0.2, 0) is 24.5 Å². The van der Waals surface area contributed by atoms with Gasteiger partial charge in [-0.25, -0.2) is 0 Å². The zero-order valence-corrected chi connectivity index (χ0v) is 11.1. The minimum Gasteiger partial charge on any atom is -0.497 e. The molecule has 19 heavy (non-hydrogen) atoms. The summed E-state index contributed by atoms with van der Waals surface area (Å²) < 4.78 is 15.1. The van der Waals surface area contributed by atoms with Crippen LogP contribution in [-0.4, -0.2) is 32.3 Å². The van der Waals surface area contributed by atoms with Crippen LogP contribution in [0.3, 0.4) is 0 Å². The van der Waals surface area contributed by atoms with Crippen LogP contribution in [0.1, 0.15) is 18.9 Å². The SMILES string of the molecule is COC(=O)[C@@]1(c2ccc(OC)cc2)C[C@@H]1OC(C)=O. The average molecular weight is 264 g/mol. The van der Waals surface area contributed by atoms with Crippen molar-refractivity contribution in [1.82, 2.24) is 0 Å². The van der Waals surface area contributed by atoms with E-state index in [1.165, 1.54) is 14.0 Å². The molecule has 0 N–H and O–H groups in total. The van der Waals surface area contributed by atoms with E-state index >= 15 is 0 Å². The second kappa shape index (κ2) is 4.91. The molecule has 2 atom stereocenters. The van der Waals surface area contributed by atoms with Crippen LogP contribution in [0, 0.1) is 0 Å². The first-order valence-corrected chi connectivity index (χ1v) is 5.94. The highest BCUT2D eigenvalue weighted by atomic mass is 16.6. The molecular weight excluding hydrogens is 248 g/mol. The number of esters is 2. The molecule has 1 fully saturated rings. The lowest BCUT2D eigenvalue weighted by molar-refractivity contribution is -0.148. The fourth-order valence-corrected chi connectivity index (χ4v) is 2.28. The summed E-state index contributed by atoms with van der Waals surface area (Å²) >= 11 is 0. The van der Waals surface area contributed by atoms with Gasteiger partial charge in [-0.15, -0.1) is 0 Å². The molecule has 5 heteroatoms. The number of carbonyl (C=O) groups is 2. The van der Waals surface area contributed by atoms with Gasteiger partial charge in [0.25, 0.3) is 0 Å². The van der Waals surface area contributed by atoms with Crippen LogP contribution in [0.5, 0.6) is 5.75 Å². The number of rotatable bonds is 4. The molecule has 0 unspecified atom stereocenters. The van der Waals surface area contributed by atoms with Crippen molar-refractivity contribution in [1.29, 1.82) is 0 Å². The first kappa shape index (κ1) is 13.4. The van der Waals surface area contributed by atoms with Crippen molar-refractivity contribution in [2.75, 3.05) is 14.2 Å². The Morgan fingerprint density at radius 1 is 1.21 bits per heavy atom. The summed E-state index contributed by atoms with van der Waals surface area (Å²) in [7, 11) is 2.90. The van der Waals surface area contributed by atoms with Crippen LogP contribution in [0.15, 0.2) is 24.3 Å². The summed E-state index contributed by atoms with van der Waals surface area (Å²) in [6.07, 6.45) is -0.00294. The van der Waals surface area contributed by atoms with Gasteiger partial charge in [0.2, 0.25) is 0 Å². The van der Waals surface area contributed by atoms with Crippen LogP contribution in [0.4, 0.5) is 0 Å². The third kappa shape index (κ3) is 2.28. The molecular formula is C14H16O5. The van der Waals surface area contributed by atoms with Gasteiger partial charge in [0.15, 0.2) is 0 Å². The molecule has 2 rings (SSSR count). The van der Waals surface area contributed by atoms with Gasteiger partial charge < -0.3 is 14.2 Å². The van der Waals surface area contributed by atoms with Gasteiger partial charge in [0, 0.05) is 13.3 Å². The van der Waals surface area contributed by atoms with Crippen LogP contribution in [0.2, 0.25) is 0 Å². The molecule has 0 bridgehead atoms. The molecule has 0 radical (unpaired) electrons. The van der Waals surface area contributed by atoms with E-state index in [0.717, 1.165) is 5.56 Å². The molecule has 0 aliphatic heterocycles. The largest absolute Gasteiger partial charge is 0.497 e. The van der Waals surface area contributed by atoms with Gasteiger partial charge in [-0.2, -0.15) is 0 Å². The third-order valence-corrected chi connectivity index (χ3v) is 3.36. The molecule has 5 nitrogen and oxygen atoms in total. The second-order valence-electron chi connectivity index (χ2n) is 4.49. The number of carbonyl (C=O) groups excluding carboxylic acids is 2. The Labute approximate surface area is 111 Å². The maximum Gasteiger partial charge on any atom is 0.320 e. The van der Waals surface area contributed by atoms with Gasteiger partial charge in [-0.3, -0.25) is 9.59 Å². The van der Waals surface area contributed by atoms with Crippen LogP contribution < -0.4 is 4.74 Å². The molecule has 0 saturated heterocycles. The number of hydrogen-bond donors (Lipinski definition) is 0. The smallest absolute Gasteiger partial charge is 0.320 e. The van der Waals surface area contributed by atoms with Gasteiger partial charge in [-0.05, 0) is 17.7 Å². The van der Waals surface area contributed by atoms with Crippen LogP contribution >= 0.6 is 0 Å². The number of benzene rings is 1.